The molecule has 0 saturated carbocycles. The minimum Gasteiger partial charge on any atom is -0.477 e. The predicted molar refractivity (Wildman–Crippen MR) is 58.3 cm³/mol. The van der Waals surface area contributed by atoms with Gasteiger partial charge < -0.3 is 5.11 Å². The first kappa shape index (κ1) is 11.1. The molecule has 1 aliphatic rings. The molecule has 1 atom stereocenters. The second-order valence-corrected chi connectivity index (χ2v) is 3.64. The molecule has 1 amide bonds. The van der Waals surface area contributed by atoms with Crippen LogP contribution in [0.15, 0.2) is 12.5 Å². The van der Waals surface area contributed by atoms with Gasteiger partial charge in [-0.2, -0.15) is 0 Å². The van der Waals surface area contributed by atoms with Crippen molar-refractivity contribution in [2.75, 3.05) is 11.4 Å². The summed E-state index contributed by atoms with van der Waals surface area (Å²) >= 11 is 0. The molecule has 0 aliphatic carbocycles. The van der Waals surface area contributed by atoms with E-state index in [4.69, 9.17) is 11.5 Å². The van der Waals surface area contributed by atoms with Gasteiger partial charge in [-0.05, 0) is 0 Å². The van der Waals surface area contributed by atoms with Crippen molar-refractivity contribution in [1.82, 2.24) is 9.97 Å². The fourth-order valence-corrected chi connectivity index (χ4v) is 1.71. The smallest absolute Gasteiger partial charge is 0.341 e. The molecule has 0 bridgehead atoms. The van der Waals surface area contributed by atoms with Crippen LogP contribution >= 0.6 is 0 Å². The Labute approximate surface area is 97.3 Å². The summed E-state index contributed by atoms with van der Waals surface area (Å²) in [4.78, 5) is 31.5. The van der Waals surface area contributed by atoms with Crippen LogP contribution in [0.3, 0.4) is 0 Å². The maximum Gasteiger partial charge on any atom is 0.341 e. The molecule has 1 N–H and O–H groups in total. The van der Waals surface area contributed by atoms with E-state index in [1.165, 1.54) is 17.4 Å². The molecule has 2 rings (SSSR count). The van der Waals surface area contributed by atoms with Crippen molar-refractivity contribution in [2.24, 2.45) is 5.92 Å². The summed E-state index contributed by atoms with van der Waals surface area (Å²) in [6, 6.07) is 0. The summed E-state index contributed by atoms with van der Waals surface area (Å²) < 4.78 is 0. The van der Waals surface area contributed by atoms with Crippen molar-refractivity contribution in [2.45, 2.75) is 6.42 Å². The molecular formula is C11H9N3O3. The highest BCUT2D eigenvalue weighted by Gasteiger charge is 2.32. The van der Waals surface area contributed by atoms with E-state index >= 15 is 0 Å². The Morgan fingerprint density at radius 3 is 3.00 bits per heavy atom. The number of carboxylic acids is 1. The highest BCUT2D eigenvalue weighted by molar-refractivity contribution is 6.01. The predicted octanol–water partition coefficient (Wildman–Crippen LogP) is 0.161. The van der Waals surface area contributed by atoms with Gasteiger partial charge in [-0.1, -0.05) is 0 Å². The molecule has 1 aliphatic heterocycles. The summed E-state index contributed by atoms with van der Waals surface area (Å²) in [5.74, 6) is 1.02. The summed E-state index contributed by atoms with van der Waals surface area (Å²) in [7, 11) is 0. The molecule has 1 unspecified atom stereocenters. The zero-order valence-electron chi connectivity index (χ0n) is 8.83. The third kappa shape index (κ3) is 1.95. The fraction of sp³-hybridized carbons (Fsp3) is 0.273. The van der Waals surface area contributed by atoms with Crippen molar-refractivity contribution in [1.29, 1.82) is 0 Å². The third-order valence-corrected chi connectivity index (χ3v) is 2.54. The minimum absolute atomic E-state index is 0.0986. The lowest BCUT2D eigenvalue weighted by Crippen LogP contribution is -2.27. The number of carbonyl (C=O) groups is 2. The summed E-state index contributed by atoms with van der Waals surface area (Å²) in [5.41, 5.74) is -0.0986. The quantitative estimate of drug-likeness (QED) is 0.733. The number of amides is 1. The van der Waals surface area contributed by atoms with Gasteiger partial charge in [0.1, 0.15) is 11.9 Å². The van der Waals surface area contributed by atoms with Gasteiger partial charge in [0.05, 0.1) is 0 Å². The molecular weight excluding hydrogens is 222 g/mol. The Bertz CT molecular complexity index is 521. The Kier molecular flexibility index (Phi) is 2.75. The van der Waals surface area contributed by atoms with Gasteiger partial charge in [-0.25, -0.2) is 14.8 Å². The third-order valence-electron chi connectivity index (χ3n) is 2.54. The van der Waals surface area contributed by atoms with Gasteiger partial charge in [0.2, 0.25) is 5.91 Å². The number of rotatable bonds is 2. The van der Waals surface area contributed by atoms with Crippen LogP contribution in [0.2, 0.25) is 0 Å². The van der Waals surface area contributed by atoms with E-state index in [-0.39, 0.29) is 29.6 Å². The molecule has 6 nitrogen and oxygen atoms in total. The average molecular weight is 231 g/mol. The monoisotopic (exact) mass is 231 g/mol. The van der Waals surface area contributed by atoms with Crippen LogP contribution in [-0.2, 0) is 4.79 Å². The van der Waals surface area contributed by atoms with Gasteiger partial charge in [0.15, 0.2) is 5.82 Å². The lowest BCUT2D eigenvalue weighted by atomic mass is 10.1. The summed E-state index contributed by atoms with van der Waals surface area (Å²) in [5, 5.41) is 8.98. The van der Waals surface area contributed by atoms with Crippen LogP contribution < -0.4 is 4.90 Å². The van der Waals surface area contributed by atoms with Gasteiger partial charge in [0.25, 0.3) is 0 Å². The first-order valence-corrected chi connectivity index (χ1v) is 4.93. The van der Waals surface area contributed by atoms with Gasteiger partial charge >= 0.3 is 5.97 Å². The highest BCUT2D eigenvalue weighted by Crippen LogP contribution is 2.25. The first-order chi connectivity index (χ1) is 8.13. The Hall–Kier alpha value is -2.42. The molecule has 0 aromatic carbocycles. The van der Waals surface area contributed by atoms with Crippen molar-refractivity contribution in [3.63, 3.8) is 0 Å². The SMILES string of the molecule is C#CC1CC(=O)N(c2ncncc2C(=O)O)C1. The Balaban J connectivity index is 2.39. The van der Waals surface area contributed by atoms with Crippen LogP contribution in [-0.4, -0.2) is 33.5 Å². The van der Waals surface area contributed by atoms with E-state index in [0.29, 0.717) is 6.54 Å². The first-order valence-electron chi connectivity index (χ1n) is 4.93. The van der Waals surface area contributed by atoms with Crippen LogP contribution in [0, 0.1) is 18.3 Å². The second kappa shape index (κ2) is 4.22. The largest absolute Gasteiger partial charge is 0.477 e. The number of hydrogen-bond acceptors (Lipinski definition) is 4. The standard InChI is InChI=1S/C11H9N3O3/c1-2-7-3-9(15)14(5-7)10-8(11(16)17)4-12-6-13-10/h1,4,6-7H,3,5H2,(H,16,17). The van der Waals surface area contributed by atoms with Gasteiger partial charge in [0, 0.05) is 25.1 Å². The minimum atomic E-state index is -1.17. The molecule has 0 spiro atoms. The number of aromatic carboxylic acids is 1. The molecule has 1 saturated heterocycles. The molecule has 86 valence electrons. The summed E-state index contributed by atoms with van der Waals surface area (Å²) in [6.07, 6.45) is 7.85. The van der Waals surface area contributed by atoms with E-state index in [1.54, 1.807) is 0 Å². The van der Waals surface area contributed by atoms with Crippen LogP contribution in [0.5, 0.6) is 0 Å². The molecule has 1 aromatic rings. The van der Waals surface area contributed by atoms with Gasteiger partial charge in [-0.15, -0.1) is 12.3 Å². The van der Waals surface area contributed by atoms with E-state index < -0.39 is 5.97 Å². The number of nitrogens with zero attached hydrogens (tertiary/aromatic N) is 3. The molecule has 6 heteroatoms. The zero-order chi connectivity index (χ0) is 12.4. The molecule has 1 fully saturated rings. The Morgan fingerprint density at radius 2 is 2.41 bits per heavy atom. The van der Waals surface area contributed by atoms with Crippen LogP contribution in [0.1, 0.15) is 16.8 Å². The summed E-state index contributed by atoms with van der Waals surface area (Å²) in [6.45, 7) is 0.298. The van der Waals surface area contributed by atoms with Crippen molar-refractivity contribution >= 4 is 17.7 Å². The molecule has 17 heavy (non-hydrogen) atoms. The van der Waals surface area contributed by atoms with Crippen molar-refractivity contribution in [3.8, 4) is 12.3 Å². The molecule has 2 heterocycles. The Morgan fingerprint density at radius 1 is 1.65 bits per heavy atom. The number of terminal acetylenes is 1. The second-order valence-electron chi connectivity index (χ2n) is 3.64. The van der Waals surface area contributed by atoms with E-state index in [1.807, 2.05) is 0 Å². The average Bonchev–Trinajstić information content (AvgIpc) is 2.70. The maximum atomic E-state index is 11.7. The lowest BCUT2D eigenvalue weighted by molar-refractivity contribution is -0.117. The maximum absolute atomic E-state index is 11.7. The number of carbonyl (C=O) groups excluding carboxylic acids is 1. The molecule has 0 radical (unpaired) electrons. The van der Waals surface area contributed by atoms with E-state index in [9.17, 15) is 9.59 Å². The van der Waals surface area contributed by atoms with E-state index in [0.717, 1.165) is 0 Å². The number of carboxylic acid groups (broad SMARTS) is 1. The molecule has 1 aromatic heterocycles. The van der Waals surface area contributed by atoms with Crippen molar-refractivity contribution in [3.05, 3.63) is 18.1 Å². The lowest BCUT2D eigenvalue weighted by Gasteiger charge is -2.15. The van der Waals surface area contributed by atoms with Crippen LogP contribution in [0.25, 0.3) is 0 Å². The van der Waals surface area contributed by atoms with E-state index in [2.05, 4.69) is 15.9 Å². The topological polar surface area (TPSA) is 83.4 Å². The van der Waals surface area contributed by atoms with Crippen LogP contribution in [0.4, 0.5) is 5.82 Å². The fourth-order valence-electron chi connectivity index (χ4n) is 1.71. The van der Waals surface area contributed by atoms with Crippen molar-refractivity contribution < 1.29 is 14.7 Å². The number of anilines is 1. The zero-order valence-corrected chi connectivity index (χ0v) is 8.83. The van der Waals surface area contributed by atoms with Gasteiger partial charge in [-0.3, -0.25) is 9.69 Å². The normalized spacial score (nSPS) is 19.1. The highest BCUT2D eigenvalue weighted by atomic mass is 16.4. The number of hydrogen-bond donors (Lipinski definition) is 1. The number of aromatic nitrogens is 2.